The summed E-state index contributed by atoms with van der Waals surface area (Å²) in [6.07, 6.45) is 2.75. The normalized spacial score (nSPS) is 11.1. The summed E-state index contributed by atoms with van der Waals surface area (Å²) in [4.78, 5) is 24.2. The molecule has 0 heterocycles. The topological polar surface area (TPSA) is 64.6 Å². The molecule has 162 valence electrons. The molecule has 2 rings (SSSR count). The van der Waals surface area contributed by atoms with Crippen molar-refractivity contribution < 1.29 is 19.1 Å². The highest BCUT2D eigenvalue weighted by Gasteiger charge is 2.13. The van der Waals surface area contributed by atoms with E-state index in [0.717, 1.165) is 18.6 Å². The average Bonchev–Trinajstić information content (AvgIpc) is 2.71. The highest BCUT2D eigenvalue weighted by molar-refractivity contribution is 5.94. The van der Waals surface area contributed by atoms with Crippen LogP contribution in [0.2, 0.25) is 0 Å². The maximum atomic E-state index is 12.2. The molecule has 5 nitrogen and oxygen atoms in total. The van der Waals surface area contributed by atoms with Crippen molar-refractivity contribution >= 4 is 17.6 Å². The standard InChI is InChI=1S/C25H33NO4/c1-5-6-16-30-24(28)19-9-7-10-21(18-19)26-23(27)11-8-17-29-22-14-12-20(13-15-22)25(2,3)4/h7,9-10,12-15,18H,5-6,8,11,16-17H2,1-4H3,(H,26,27). The molecule has 0 fully saturated rings. The molecule has 5 heteroatoms. The van der Waals surface area contributed by atoms with Crippen molar-refractivity contribution in [1.82, 2.24) is 0 Å². The van der Waals surface area contributed by atoms with Gasteiger partial charge in [-0.05, 0) is 54.2 Å². The van der Waals surface area contributed by atoms with Gasteiger partial charge in [-0.1, -0.05) is 52.3 Å². The lowest BCUT2D eigenvalue weighted by Gasteiger charge is -2.19. The van der Waals surface area contributed by atoms with E-state index in [-0.39, 0.29) is 17.3 Å². The minimum absolute atomic E-state index is 0.111. The summed E-state index contributed by atoms with van der Waals surface area (Å²) in [6, 6.07) is 14.9. The molecule has 0 bridgehead atoms. The zero-order valence-electron chi connectivity index (χ0n) is 18.5. The predicted molar refractivity (Wildman–Crippen MR) is 120 cm³/mol. The van der Waals surface area contributed by atoms with E-state index in [1.807, 2.05) is 19.1 Å². The molecule has 0 unspecified atom stereocenters. The van der Waals surface area contributed by atoms with Gasteiger partial charge < -0.3 is 14.8 Å². The SMILES string of the molecule is CCCCOC(=O)c1cccc(NC(=O)CCCOc2ccc(C(C)(C)C)cc2)c1. The van der Waals surface area contributed by atoms with Crippen LogP contribution >= 0.6 is 0 Å². The molecule has 0 aliphatic heterocycles. The fourth-order valence-electron chi connectivity index (χ4n) is 2.81. The number of ether oxygens (including phenoxy) is 2. The van der Waals surface area contributed by atoms with Gasteiger partial charge in [-0.2, -0.15) is 0 Å². The van der Waals surface area contributed by atoms with Crippen LogP contribution < -0.4 is 10.1 Å². The molecule has 2 aromatic rings. The lowest BCUT2D eigenvalue weighted by molar-refractivity contribution is -0.116. The summed E-state index contributed by atoms with van der Waals surface area (Å²) in [7, 11) is 0. The van der Waals surface area contributed by atoms with Crippen LogP contribution in [0, 0.1) is 0 Å². The number of hydrogen-bond donors (Lipinski definition) is 1. The molecule has 0 saturated carbocycles. The van der Waals surface area contributed by atoms with Crippen LogP contribution in [0.5, 0.6) is 5.75 Å². The molecule has 1 N–H and O–H groups in total. The van der Waals surface area contributed by atoms with E-state index in [0.29, 0.717) is 37.3 Å². The monoisotopic (exact) mass is 411 g/mol. The zero-order chi connectivity index (χ0) is 22.0. The van der Waals surface area contributed by atoms with Crippen LogP contribution in [-0.4, -0.2) is 25.1 Å². The Balaban J connectivity index is 1.74. The Labute approximate surface area is 179 Å². The number of carbonyl (C=O) groups is 2. The molecular weight excluding hydrogens is 378 g/mol. The van der Waals surface area contributed by atoms with E-state index in [2.05, 4.69) is 38.2 Å². The maximum Gasteiger partial charge on any atom is 0.338 e. The van der Waals surface area contributed by atoms with E-state index in [4.69, 9.17) is 9.47 Å². The van der Waals surface area contributed by atoms with Crippen LogP contribution in [0.25, 0.3) is 0 Å². The third-order valence-corrected chi connectivity index (χ3v) is 4.65. The lowest BCUT2D eigenvalue weighted by Crippen LogP contribution is -2.14. The number of carbonyl (C=O) groups excluding carboxylic acids is 2. The molecular formula is C25H33NO4. The fraction of sp³-hybridized carbons (Fsp3) is 0.440. The summed E-state index contributed by atoms with van der Waals surface area (Å²) in [5.74, 6) is 0.321. The van der Waals surface area contributed by atoms with Crippen molar-refractivity contribution in [3.8, 4) is 5.75 Å². The van der Waals surface area contributed by atoms with Gasteiger partial charge >= 0.3 is 5.97 Å². The minimum Gasteiger partial charge on any atom is -0.494 e. The Morgan fingerprint density at radius 1 is 0.967 bits per heavy atom. The highest BCUT2D eigenvalue weighted by Crippen LogP contribution is 2.24. The third-order valence-electron chi connectivity index (χ3n) is 4.65. The van der Waals surface area contributed by atoms with E-state index in [1.54, 1.807) is 24.3 Å². The second-order valence-corrected chi connectivity index (χ2v) is 8.34. The first-order valence-corrected chi connectivity index (χ1v) is 10.6. The predicted octanol–water partition coefficient (Wildman–Crippen LogP) is 5.74. The maximum absolute atomic E-state index is 12.2. The highest BCUT2D eigenvalue weighted by atomic mass is 16.5. The minimum atomic E-state index is -0.370. The number of esters is 1. The van der Waals surface area contributed by atoms with Gasteiger partial charge in [0.2, 0.25) is 5.91 Å². The van der Waals surface area contributed by atoms with Gasteiger partial charge in [-0.15, -0.1) is 0 Å². The number of rotatable bonds is 10. The van der Waals surface area contributed by atoms with Crippen molar-refractivity contribution in [2.75, 3.05) is 18.5 Å². The van der Waals surface area contributed by atoms with E-state index in [1.165, 1.54) is 5.56 Å². The summed E-state index contributed by atoms with van der Waals surface area (Å²) in [5.41, 5.74) is 2.39. The molecule has 0 atom stereocenters. The molecule has 0 aliphatic carbocycles. The van der Waals surface area contributed by atoms with Crippen LogP contribution in [-0.2, 0) is 14.9 Å². The Hall–Kier alpha value is -2.82. The summed E-state index contributed by atoms with van der Waals surface area (Å²) in [5, 5.41) is 2.82. The van der Waals surface area contributed by atoms with Crippen molar-refractivity contribution in [1.29, 1.82) is 0 Å². The van der Waals surface area contributed by atoms with Gasteiger partial charge in [0.05, 0.1) is 18.8 Å². The largest absolute Gasteiger partial charge is 0.494 e. The number of unbranched alkanes of at least 4 members (excludes halogenated alkanes) is 1. The number of anilines is 1. The lowest BCUT2D eigenvalue weighted by atomic mass is 9.87. The van der Waals surface area contributed by atoms with Gasteiger partial charge in [-0.3, -0.25) is 4.79 Å². The van der Waals surface area contributed by atoms with Crippen molar-refractivity contribution in [3.05, 3.63) is 59.7 Å². The van der Waals surface area contributed by atoms with Gasteiger partial charge in [-0.25, -0.2) is 4.79 Å². The first-order valence-electron chi connectivity index (χ1n) is 10.6. The van der Waals surface area contributed by atoms with Crippen molar-refractivity contribution in [2.45, 2.75) is 58.8 Å². The van der Waals surface area contributed by atoms with E-state index < -0.39 is 0 Å². The molecule has 0 radical (unpaired) electrons. The van der Waals surface area contributed by atoms with Crippen molar-refractivity contribution in [2.24, 2.45) is 0 Å². The van der Waals surface area contributed by atoms with E-state index >= 15 is 0 Å². The molecule has 1 amide bonds. The summed E-state index contributed by atoms with van der Waals surface area (Å²) >= 11 is 0. The number of benzene rings is 2. The molecule has 2 aromatic carbocycles. The van der Waals surface area contributed by atoms with Crippen LogP contribution in [0.15, 0.2) is 48.5 Å². The van der Waals surface area contributed by atoms with Gasteiger partial charge in [0.25, 0.3) is 0 Å². The number of nitrogens with one attached hydrogen (secondary N) is 1. The Bertz CT molecular complexity index is 822. The number of hydrogen-bond acceptors (Lipinski definition) is 4. The molecule has 0 saturated heterocycles. The number of amides is 1. The second kappa shape index (κ2) is 11.4. The molecule has 0 spiro atoms. The van der Waals surface area contributed by atoms with Crippen LogP contribution in [0.4, 0.5) is 5.69 Å². The Kier molecular flexibility index (Phi) is 8.90. The second-order valence-electron chi connectivity index (χ2n) is 8.34. The molecule has 30 heavy (non-hydrogen) atoms. The first kappa shape index (κ1) is 23.5. The average molecular weight is 412 g/mol. The summed E-state index contributed by atoms with van der Waals surface area (Å²) in [6.45, 7) is 9.43. The van der Waals surface area contributed by atoms with Gasteiger partial charge in [0.15, 0.2) is 0 Å². The van der Waals surface area contributed by atoms with Gasteiger partial charge in [0, 0.05) is 12.1 Å². The smallest absolute Gasteiger partial charge is 0.338 e. The first-order chi connectivity index (χ1) is 14.3. The van der Waals surface area contributed by atoms with Gasteiger partial charge in [0.1, 0.15) is 5.75 Å². The zero-order valence-corrected chi connectivity index (χ0v) is 18.5. The quantitative estimate of drug-likeness (QED) is 0.400. The molecule has 0 aliphatic rings. The van der Waals surface area contributed by atoms with E-state index in [9.17, 15) is 9.59 Å². The summed E-state index contributed by atoms with van der Waals surface area (Å²) < 4.78 is 10.9. The Morgan fingerprint density at radius 3 is 2.37 bits per heavy atom. The van der Waals surface area contributed by atoms with Crippen LogP contribution in [0.3, 0.4) is 0 Å². The van der Waals surface area contributed by atoms with Crippen LogP contribution in [0.1, 0.15) is 69.3 Å². The molecule has 0 aromatic heterocycles. The Morgan fingerprint density at radius 2 is 1.70 bits per heavy atom. The fourth-order valence-corrected chi connectivity index (χ4v) is 2.81. The third kappa shape index (κ3) is 7.90. The van der Waals surface area contributed by atoms with Crippen molar-refractivity contribution in [3.63, 3.8) is 0 Å².